The van der Waals surface area contributed by atoms with E-state index in [-0.39, 0.29) is 10.8 Å². The number of rotatable bonds is 8. The van der Waals surface area contributed by atoms with Gasteiger partial charge in [0.2, 0.25) is 15.9 Å². The molecule has 0 saturated heterocycles. The minimum atomic E-state index is -3.47. The number of anilines is 1. The van der Waals surface area contributed by atoms with Crippen LogP contribution < -0.4 is 10.0 Å². The van der Waals surface area contributed by atoms with Crippen molar-refractivity contribution in [1.82, 2.24) is 9.71 Å². The average Bonchev–Trinajstić information content (AvgIpc) is 2.62. The van der Waals surface area contributed by atoms with Crippen LogP contribution in [0.4, 0.5) is 5.69 Å². The largest absolute Gasteiger partial charge is 0.321 e. The van der Waals surface area contributed by atoms with E-state index in [1.54, 1.807) is 49.2 Å². The summed E-state index contributed by atoms with van der Waals surface area (Å²) in [7, 11) is -3.47. The second-order valence-corrected chi connectivity index (χ2v) is 8.26. The number of amides is 1. The van der Waals surface area contributed by atoms with E-state index in [2.05, 4.69) is 21.9 Å². The van der Waals surface area contributed by atoms with Crippen LogP contribution in [0, 0.1) is 0 Å². The van der Waals surface area contributed by atoms with Crippen molar-refractivity contribution in [1.29, 1.82) is 0 Å². The van der Waals surface area contributed by atoms with Crippen molar-refractivity contribution in [3.63, 3.8) is 0 Å². The predicted molar refractivity (Wildman–Crippen MR) is 106 cm³/mol. The van der Waals surface area contributed by atoms with E-state index in [4.69, 9.17) is 0 Å². The van der Waals surface area contributed by atoms with Crippen LogP contribution in [-0.2, 0) is 14.8 Å². The molecule has 1 aromatic carbocycles. The standard InChI is InChI=1S/C18H21N3O3S2/c1-3-20-26(23,24)16-9-5-14(6-10-16)7-11-17(22)21-15-8-12-18(19-13-15)25-4-2/h5-13,20H,3-4H2,1-2H3,(H,21,22)/b11-7+. The number of thioether (sulfide) groups is 1. The molecule has 2 rings (SSSR count). The molecule has 6 nitrogen and oxygen atoms in total. The lowest BCUT2D eigenvalue weighted by Crippen LogP contribution is -2.22. The molecule has 0 aliphatic rings. The number of pyridine rings is 1. The van der Waals surface area contributed by atoms with Crippen LogP contribution in [0.2, 0.25) is 0 Å². The van der Waals surface area contributed by atoms with E-state index in [0.29, 0.717) is 12.2 Å². The highest BCUT2D eigenvalue weighted by Crippen LogP contribution is 2.16. The Kier molecular flexibility index (Phi) is 7.38. The number of carbonyl (C=O) groups excluding carboxylic acids is 1. The van der Waals surface area contributed by atoms with Crippen molar-refractivity contribution in [2.75, 3.05) is 17.6 Å². The molecule has 0 bridgehead atoms. The third-order valence-electron chi connectivity index (χ3n) is 3.25. The lowest BCUT2D eigenvalue weighted by atomic mass is 10.2. The van der Waals surface area contributed by atoms with Gasteiger partial charge in [0.1, 0.15) is 0 Å². The summed E-state index contributed by atoms with van der Waals surface area (Å²) in [6.45, 7) is 4.10. The lowest BCUT2D eigenvalue weighted by molar-refractivity contribution is -0.111. The van der Waals surface area contributed by atoms with Gasteiger partial charge in [0.25, 0.3) is 0 Å². The van der Waals surface area contributed by atoms with Crippen LogP contribution in [0.15, 0.2) is 58.6 Å². The van der Waals surface area contributed by atoms with E-state index >= 15 is 0 Å². The Balaban J connectivity index is 1.97. The number of hydrogen-bond acceptors (Lipinski definition) is 5. The maximum absolute atomic E-state index is 12.0. The first-order valence-electron chi connectivity index (χ1n) is 8.12. The Hall–Kier alpha value is -2.16. The van der Waals surface area contributed by atoms with Crippen LogP contribution in [0.3, 0.4) is 0 Å². The third-order valence-corrected chi connectivity index (χ3v) is 5.64. The summed E-state index contributed by atoms with van der Waals surface area (Å²) in [5, 5.41) is 3.64. The van der Waals surface area contributed by atoms with Gasteiger partial charge in [-0.3, -0.25) is 4.79 Å². The van der Waals surface area contributed by atoms with Gasteiger partial charge in [-0.25, -0.2) is 18.1 Å². The number of aromatic nitrogens is 1. The summed E-state index contributed by atoms with van der Waals surface area (Å²) >= 11 is 1.63. The van der Waals surface area contributed by atoms with Crippen molar-refractivity contribution < 1.29 is 13.2 Å². The summed E-state index contributed by atoms with van der Waals surface area (Å²) < 4.78 is 26.2. The fraction of sp³-hybridized carbons (Fsp3) is 0.222. The van der Waals surface area contributed by atoms with Crippen LogP contribution in [0.25, 0.3) is 6.08 Å². The van der Waals surface area contributed by atoms with Crippen molar-refractivity contribution in [3.05, 3.63) is 54.2 Å². The van der Waals surface area contributed by atoms with Crippen LogP contribution in [0.1, 0.15) is 19.4 Å². The maximum atomic E-state index is 12.0. The van der Waals surface area contributed by atoms with Gasteiger partial charge in [-0.1, -0.05) is 26.0 Å². The molecule has 0 aliphatic heterocycles. The Bertz CT molecular complexity index is 862. The Morgan fingerprint density at radius 3 is 2.46 bits per heavy atom. The smallest absolute Gasteiger partial charge is 0.248 e. The minimum Gasteiger partial charge on any atom is -0.321 e. The number of benzene rings is 1. The van der Waals surface area contributed by atoms with E-state index in [0.717, 1.165) is 16.3 Å². The SMILES string of the molecule is CCNS(=O)(=O)c1ccc(/C=C/C(=O)Nc2ccc(SCC)nc2)cc1. The molecule has 8 heteroatoms. The summed E-state index contributed by atoms with van der Waals surface area (Å²) in [6.07, 6.45) is 4.63. The predicted octanol–water partition coefficient (Wildman–Crippen LogP) is 3.14. The molecule has 0 radical (unpaired) electrons. The van der Waals surface area contributed by atoms with Crippen molar-refractivity contribution >= 4 is 39.5 Å². The fourth-order valence-corrected chi connectivity index (χ4v) is 3.70. The molecule has 138 valence electrons. The first-order valence-corrected chi connectivity index (χ1v) is 10.6. The van der Waals surface area contributed by atoms with E-state index in [1.807, 2.05) is 6.07 Å². The number of sulfonamides is 1. The zero-order valence-corrected chi connectivity index (χ0v) is 16.2. The molecule has 1 heterocycles. The Labute approximate surface area is 158 Å². The highest BCUT2D eigenvalue weighted by Gasteiger charge is 2.11. The normalized spacial score (nSPS) is 11.6. The monoisotopic (exact) mass is 391 g/mol. The van der Waals surface area contributed by atoms with Crippen LogP contribution in [-0.4, -0.2) is 31.6 Å². The molecule has 1 amide bonds. The molecule has 0 aliphatic carbocycles. The number of nitrogens with zero attached hydrogens (tertiary/aromatic N) is 1. The zero-order valence-electron chi connectivity index (χ0n) is 14.6. The second-order valence-electron chi connectivity index (χ2n) is 5.21. The molecule has 0 spiro atoms. The maximum Gasteiger partial charge on any atom is 0.248 e. The van der Waals surface area contributed by atoms with Gasteiger partial charge in [0.15, 0.2) is 0 Å². The third kappa shape index (κ3) is 5.98. The Morgan fingerprint density at radius 2 is 1.88 bits per heavy atom. The van der Waals surface area contributed by atoms with Crippen molar-refractivity contribution in [3.8, 4) is 0 Å². The highest BCUT2D eigenvalue weighted by atomic mass is 32.2. The van der Waals surface area contributed by atoms with Gasteiger partial charge in [-0.05, 0) is 41.7 Å². The molecular formula is C18H21N3O3S2. The van der Waals surface area contributed by atoms with Gasteiger partial charge >= 0.3 is 0 Å². The highest BCUT2D eigenvalue weighted by molar-refractivity contribution is 7.99. The molecule has 1 aromatic heterocycles. The van der Waals surface area contributed by atoms with Crippen LogP contribution in [0.5, 0.6) is 0 Å². The van der Waals surface area contributed by atoms with Crippen molar-refractivity contribution in [2.45, 2.75) is 23.8 Å². The summed E-state index contributed by atoms with van der Waals surface area (Å²) in [5.41, 5.74) is 1.34. The average molecular weight is 392 g/mol. The zero-order chi connectivity index (χ0) is 19.0. The van der Waals surface area contributed by atoms with Gasteiger partial charge in [-0.2, -0.15) is 0 Å². The molecular weight excluding hydrogens is 370 g/mol. The van der Waals surface area contributed by atoms with Crippen LogP contribution >= 0.6 is 11.8 Å². The lowest BCUT2D eigenvalue weighted by Gasteiger charge is -2.04. The van der Waals surface area contributed by atoms with Crippen molar-refractivity contribution in [2.24, 2.45) is 0 Å². The molecule has 2 N–H and O–H groups in total. The topological polar surface area (TPSA) is 88.2 Å². The summed E-state index contributed by atoms with van der Waals surface area (Å²) in [4.78, 5) is 16.4. The number of nitrogens with one attached hydrogen (secondary N) is 2. The molecule has 0 fully saturated rings. The Morgan fingerprint density at radius 1 is 1.15 bits per heavy atom. The van der Waals surface area contributed by atoms with Gasteiger partial charge in [-0.15, -0.1) is 11.8 Å². The molecule has 2 aromatic rings. The second kappa shape index (κ2) is 9.51. The van der Waals surface area contributed by atoms with E-state index in [9.17, 15) is 13.2 Å². The van der Waals surface area contributed by atoms with E-state index in [1.165, 1.54) is 18.2 Å². The molecule has 26 heavy (non-hydrogen) atoms. The first-order chi connectivity index (χ1) is 12.4. The summed E-state index contributed by atoms with van der Waals surface area (Å²) in [6, 6.07) is 9.96. The van der Waals surface area contributed by atoms with Gasteiger partial charge in [0.05, 0.1) is 21.8 Å². The molecule has 0 saturated carbocycles. The quantitative estimate of drug-likeness (QED) is 0.533. The van der Waals surface area contributed by atoms with Gasteiger partial charge in [0, 0.05) is 12.6 Å². The van der Waals surface area contributed by atoms with E-state index < -0.39 is 10.0 Å². The number of carbonyl (C=O) groups is 1. The number of hydrogen-bond donors (Lipinski definition) is 2. The minimum absolute atomic E-state index is 0.192. The van der Waals surface area contributed by atoms with Gasteiger partial charge < -0.3 is 5.32 Å². The fourth-order valence-electron chi connectivity index (χ4n) is 2.07. The molecule has 0 atom stereocenters. The first kappa shape index (κ1) is 20.2. The molecule has 0 unspecified atom stereocenters. The summed E-state index contributed by atoms with van der Waals surface area (Å²) in [5.74, 6) is 0.655.